The van der Waals surface area contributed by atoms with Crippen molar-refractivity contribution in [1.29, 1.82) is 0 Å². The van der Waals surface area contributed by atoms with Crippen molar-refractivity contribution in [2.75, 3.05) is 45.8 Å². The van der Waals surface area contributed by atoms with Crippen molar-refractivity contribution in [1.82, 2.24) is 24.9 Å². The quantitative estimate of drug-likeness (QED) is 0.656. The fourth-order valence-electron chi connectivity index (χ4n) is 4.47. The lowest BCUT2D eigenvalue weighted by Crippen LogP contribution is -2.52. The lowest BCUT2D eigenvalue weighted by molar-refractivity contribution is -0.141. The lowest BCUT2D eigenvalue weighted by Gasteiger charge is -2.35. The van der Waals surface area contributed by atoms with Gasteiger partial charge in [0.1, 0.15) is 6.54 Å². The smallest absolute Gasteiger partial charge is 0.322 e. The SMILES string of the molecule is C=CCN1C(=O)NC(c2ccccc2Cl)C2=C1CN(CC(=O)N1CCN(C(C)=O)CC1)C2=O. The second-order valence-corrected chi connectivity index (χ2v) is 8.62. The summed E-state index contributed by atoms with van der Waals surface area (Å²) in [4.78, 5) is 57.1. The molecule has 0 aliphatic carbocycles. The Hall–Kier alpha value is -3.33. The summed E-state index contributed by atoms with van der Waals surface area (Å²) in [6, 6.07) is 6.01. The average molecular weight is 472 g/mol. The Morgan fingerprint density at radius 3 is 2.45 bits per heavy atom. The van der Waals surface area contributed by atoms with Crippen molar-refractivity contribution in [3.05, 3.63) is 58.8 Å². The highest BCUT2D eigenvalue weighted by Gasteiger charge is 2.44. The molecule has 0 saturated carbocycles. The Kier molecular flexibility index (Phi) is 6.42. The summed E-state index contributed by atoms with van der Waals surface area (Å²) in [6.07, 6.45) is 1.59. The van der Waals surface area contributed by atoms with Crippen LogP contribution in [-0.4, -0.2) is 89.2 Å². The molecule has 9 nitrogen and oxygen atoms in total. The van der Waals surface area contributed by atoms with Crippen LogP contribution < -0.4 is 5.32 Å². The Morgan fingerprint density at radius 2 is 1.82 bits per heavy atom. The number of rotatable bonds is 5. The molecular weight excluding hydrogens is 446 g/mol. The average Bonchev–Trinajstić information content (AvgIpc) is 3.12. The van der Waals surface area contributed by atoms with Gasteiger partial charge in [-0.3, -0.25) is 19.3 Å². The van der Waals surface area contributed by atoms with Crippen molar-refractivity contribution < 1.29 is 19.2 Å². The molecule has 1 fully saturated rings. The van der Waals surface area contributed by atoms with Crippen LogP contribution in [0.25, 0.3) is 0 Å². The molecule has 1 aromatic rings. The molecule has 0 spiro atoms. The van der Waals surface area contributed by atoms with Crippen LogP contribution in [0.3, 0.4) is 0 Å². The van der Waals surface area contributed by atoms with Crippen molar-refractivity contribution >= 4 is 35.4 Å². The molecule has 1 aromatic carbocycles. The summed E-state index contributed by atoms with van der Waals surface area (Å²) < 4.78 is 0. The zero-order valence-corrected chi connectivity index (χ0v) is 19.2. The van der Waals surface area contributed by atoms with E-state index in [0.29, 0.717) is 48.0 Å². The molecule has 3 heterocycles. The number of hydrogen-bond donors (Lipinski definition) is 1. The molecular formula is C23H26ClN5O4. The van der Waals surface area contributed by atoms with Crippen molar-refractivity contribution in [2.24, 2.45) is 0 Å². The van der Waals surface area contributed by atoms with Gasteiger partial charge in [-0.1, -0.05) is 35.9 Å². The minimum absolute atomic E-state index is 0.0150. The second kappa shape index (κ2) is 9.27. The maximum Gasteiger partial charge on any atom is 0.322 e. The van der Waals surface area contributed by atoms with E-state index in [1.54, 1.807) is 40.1 Å². The van der Waals surface area contributed by atoms with E-state index in [2.05, 4.69) is 11.9 Å². The number of nitrogens with one attached hydrogen (secondary N) is 1. The Balaban J connectivity index is 1.55. The summed E-state index contributed by atoms with van der Waals surface area (Å²) in [7, 11) is 0. The molecule has 5 amide bonds. The molecule has 3 aliphatic rings. The maximum absolute atomic E-state index is 13.4. The van der Waals surface area contributed by atoms with Crippen LogP contribution in [0.4, 0.5) is 4.79 Å². The predicted octanol–water partition coefficient (Wildman–Crippen LogP) is 1.38. The summed E-state index contributed by atoms with van der Waals surface area (Å²) in [5.41, 5.74) is 1.60. The molecule has 0 radical (unpaired) electrons. The molecule has 3 aliphatic heterocycles. The van der Waals surface area contributed by atoms with Gasteiger partial charge in [0, 0.05) is 44.7 Å². The first kappa shape index (κ1) is 22.8. The van der Waals surface area contributed by atoms with Crippen LogP contribution >= 0.6 is 11.6 Å². The summed E-state index contributed by atoms with van der Waals surface area (Å²) in [5, 5.41) is 3.32. The van der Waals surface area contributed by atoms with Crippen molar-refractivity contribution in [3.8, 4) is 0 Å². The molecule has 1 unspecified atom stereocenters. The van der Waals surface area contributed by atoms with Gasteiger partial charge in [-0.15, -0.1) is 6.58 Å². The van der Waals surface area contributed by atoms with E-state index in [9.17, 15) is 19.2 Å². The number of halogens is 1. The van der Waals surface area contributed by atoms with Crippen LogP contribution in [0, 0.1) is 0 Å². The molecule has 1 saturated heterocycles. The minimum atomic E-state index is -0.700. The number of carbonyl (C=O) groups is 4. The van der Waals surface area contributed by atoms with Gasteiger partial charge in [-0.2, -0.15) is 0 Å². The standard InChI is InChI=1S/C23H26ClN5O4/c1-3-8-29-18-13-28(14-19(31)27-11-9-26(10-12-27)15(2)30)22(32)20(18)21(25-23(29)33)16-6-4-5-7-17(16)24/h3-7,21H,1,8-14H2,2H3,(H,25,33). The van der Waals surface area contributed by atoms with Gasteiger partial charge < -0.3 is 20.0 Å². The van der Waals surface area contributed by atoms with E-state index in [0.717, 1.165) is 0 Å². The number of carbonyl (C=O) groups excluding carboxylic acids is 4. The summed E-state index contributed by atoms with van der Waals surface area (Å²) >= 11 is 6.38. The molecule has 0 aromatic heterocycles. The second-order valence-electron chi connectivity index (χ2n) is 8.21. The molecule has 10 heteroatoms. The molecule has 1 N–H and O–H groups in total. The molecule has 1 atom stereocenters. The number of hydrogen-bond acceptors (Lipinski definition) is 4. The number of urea groups is 1. The van der Waals surface area contributed by atoms with Gasteiger partial charge >= 0.3 is 6.03 Å². The summed E-state index contributed by atoms with van der Waals surface area (Å²) in [5.74, 6) is -0.506. The Bertz CT molecular complexity index is 1050. The van der Waals surface area contributed by atoms with Gasteiger partial charge in [0.15, 0.2) is 0 Å². The Labute approximate surface area is 197 Å². The predicted molar refractivity (Wildman–Crippen MR) is 122 cm³/mol. The highest BCUT2D eigenvalue weighted by atomic mass is 35.5. The monoisotopic (exact) mass is 471 g/mol. The van der Waals surface area contributed by atoms with Crippen molar-refractivity contribution in [3.63, 3.8) is 0 Å². The van der Waals surface area contributed by atoms with E-state index >= 15 is 0 Å². The van der Waals surface area contributed by atoms with Crippen molar-refractivity contribution in [2.45, 2.75) is 13.0 Å². The van der Waals surface area contributed by atoms with Crippen LogP contribution in [0.5, 0.6) is 0 Å². The lowest BCUT2D eigenvalue weighted by atomic mass is 9.95. The first-order valence-electron chi connectivity index (χ1n) is 10.8. The largest absolute Gasteiger partial charge is 0.339 e. The zero-order chi connectivity index (χ0) is 23.7. The van der Waals surface area contributed by atoms with Gasteiger partial charge in [0.2, 0.25) is 11.8 Å². The molecule has 33 heavy (non-hydrogen) atoms. The third-order valence-electron chi connectivity index (χ3n) is 6.23. The molecule has 4 rings (SSSR count). The fraction of sp³-hybridized carbons (Fsp3) is 0.391. The van der Waals surface area contributed by atoms with Crippen LogP contribution in [0.1, 0.15) is 18.5 Å². The third kappa shape index (κ3) is 4.32. The zero-order valence-electron chi connectivity index (χ0n) is 18.4. The normalized spacial score (nSPS) is 20.7. The highest BCUT2D eigenvalue weighted by Crippen LogP contribution is 2.38. The van der Waals surface area contributed by atoms with Gasteiger partial charge in [0.25, 0.3) is 5.91 Å². The van der Waals surface area contributed by atoms with Gasteiger partial charge in [-0.05, 0) is 11.6 Å². The topological polar surface area (TPSA) is 93.3 Å². The van der Waals surface area contributed by atoms with Crippen LogP contribution in [0.15, 0.2) is 48.2 Å². The van der Waals surface area contributed by atoms with E-state index in [-0.39, 0.29) is 43.4 Å². The number of nitrogens with zero attached hydrogens (tertiary/aromatic N) is 4. The van der Waals surface area contributed by atoms with Crippen LogP contribution in [-0.2, 0) is 14.4 Å². The number of piperazine rings is 1. The molecule has 174 valence electrons. The fourth-order valence-corrected chi connectivity index (χ4v) is 4.72. The van der Waals surface area contributed by atoms with Gasteiger partial charge in [-0.25, -0.2) is 4.79 Å². The summed E-state index contributed by atoms with van der Waals surface area (Å²) in [6.45, 7) is 7.32. The van der Waals surface area contributed by atoms with E-state index < -0.39 is 6.04 Å². The minimum Gasteiger partial charge on any atom is -0.339 e. The first-order valence-corrected chi connectivity index (χ1v) is 11.2. The van der Waals surface area contributed by atoms with E-state index in [4.69, 9.17) is 11.6 Å². The highest BCUT2D eigenvalue weighted by molar-refractivity contribution is 6.31. The van der Waals surface area contributed by atoms with E-state index in [1.807, 2.05) is 0 Å². The first-order chi connectivity index (χ1) is 15.8. The van der Waals surface area contributed by atoms with Gasteiger partial charge in [0.05, 0.1) is 23.9 Å². The van der Waals surface area contributed by atoms with E-state index in [1.165, 1.54) is 16.7 Å². The van der Waals surface area contributed by atoms with Crippen LogP contribution in [0.2, 0.25) is 5.02 Å². The Morgan fingerprint density at radius 1 is 1.15 bits per heavy atom. The number of benzene rings is 1. The maximum atomic E-state index is 13.4. The third-order valence-corrected chi connectivity index (χ3v) is 6.57. The molecule has 0 bridgehead atoms. The number of amides is 5.